The van der Waals surface area contributed by atoms with Crippen molar-refractivity contribution in [2.45, 2.75) is 19.9 Å². The summed E-state index contributed by atoms with van der Waals surface area (Å²) >= 11 is 1.62. The van der Waals surface area contributed by atoms with Gasteiger partial charge in [-0.25, -0.2) is 0 Å². The summed E-state index contributed by atoms with van der Waals surface area (Å²) in [6.45, 7) is 4.22. The lowest BCUT2D eigenvalue weighted by Gasteiger charge is -2.30. The Morgan fingerprint density at radius 1 is 1.67 bits per heavy atom. The van der Waals surface area contributed by atoms with Crippen LogP contribution < -0.4 is 5.73 Å². The Bertz CT molecular complexity index is 221. The summed E-state index contributed by atoms with van der Waals surface area (Å²) in [4.78, 5) is 0. The second kappa shape index (κ2) is 3.64. The van der Waals surface area contributed by atoms with Gasteiger partial charge in [0.2, 0.25) is 0 Å². The molecule has 1 rings (SSSR count). The van der Waals surface area contributed by atoms with E-state index in [0.29, 0.717) is 0 Å². The van der Waals surface area contributed by atoms with Gasteiger partial charge in [0.05, 0.1) is 12.6 Å². The number of hydrogen-bond donors (Lipinski definition) is 2. The molecule has 0 aromatic heterocycles. The molecule has 0 aromatic carbocycles. The molecular formula is C9H15NOS. The summed E-state index contributed by atoms with van der Waals surface area (Å²) in [6, 6.07) is -0.225. The van der Waals surface area contributed by atoms with Gasteiger partial charge in [-0.3, -0.25) is 0 Å². The lowest BCUT2D eigenvalue weighted by atomic mass is 9.81. The maximum Gasteiger partial charge on any atom is 0.0621 e. The maximum absolute atomic E-state index is 8.92. The lowest BCUT2D eigenvalue weighted by Crippen LogP contribution is -2.34. The minimum atomic E-state index is -0.225. The van der Waals surface area contributed by atoms with E-state index in [1.807, 2.05) is 10.8 Å². The Kier molecular flexibility index (Phi) is 2.99. The van der Waals surface area contributed by atoms with Gasteiger partial charge in [-0.15, -0.1) is 11.8 Å². The average Bonchev–Trinajstić information content (AvgIpc) is 2.02. The van der Waals surface area contributed by atoms with E-state index in [1.54, 1.807) is 11.8 Å². The van der Waals surface area contributed by atoms with Crippen LogP contribution in [0.4, 0.5) is 0 Å². The zero-order chi connectivity index (χ0) is 9.19. The largest absolute Gasteiger partial charge is 0.394 e. The molecule has 0 aliphatic carbocycles. The van der Waals surface area contributed by atoms with Crippen LogP contribution in [-0.4, -0.2) is 17.8 Å². The van der Waals surface area contributed by atoms with E-state index in [-0.39, 0.29) is 18.1 Å². The number of hydrogen-bond acceptors (Lipinski definition) is 3. The molecule has 0 bridgehead atoms. The summed E-state index contributed by atoms with van der Waals surface area (Å²) in [5.41, 5.74) is 6.86. The van der Waals surface area contributed by atoms with Crippen molar-refractivity contribution in [2.75, 3.05) is 6.61 Å². The Balaban J connectivity index is 2.82. The molecular weight excluding hydrogens is 170 g/mol. The Morgan fingerprint density at radius 2 is 2.33 bits per heavy atom. The quantitative estimate of drug-likeness (QED) is 0.685. The normalized spacial score (nSPS) is 23.5. The summed E-state index contributed by atoms with van der Waals surface area (Å²) in [5.74, 6) is 0. The SMILES string of the molecule is CC1(C)C=CSC=C1C(N)CO. The smallest absolute Gasteiger partial charge is 0.0621 e. The van der Waals surface area contributed by atoms with Gasteiger partial charge in [-0.1, -0.05) is 19.9 Å². The molecule has 0 aromatic rings. The molecule has 1 aliphatic heterocycles. The minimum absolute atomic E-state index is 0.00655. The molecule has 1 unspecified atom stereocenters. The number of aliphatic hydroxyl groups is 1. The van der Waals surface area contributed by atoms with E-state index in [9.17, 15) is 0 Å². The topological polar surface area (TPSA) is 46.2 Å². The zero-order valence-electron chi connectivity index (χ0n) is 7.45. The first-order chi connectivity index (χ1) is 5.58. The van der Waals surface area contributed by atoms with Gasteiger partial charge in [0.1, 0.15) is 0 Å². The minimum Gasteiger partial charge on any atom is -0.394 e. The zero-order valence-corrected chi connectivity index (χ0v) is 8.27. The van der Waals surface area contributed by atoms with Crippen LogP contribution in [0.1, 0.15) is 13.8 Å². The highest BCUT2D eigenvalue weighted by Crippen LogP contribution is 2.36. The second-order valence-electron chi connectivity index (χ2n) is 3.52. The average molecular weight is 185 g/mol. The van der Waals surface area contributed by atoms with Crippen molar-refractivity contribution in [3.8, 4) is 0 Å². The molecule has 0 saturated carbocycles. The van der Waals surface area contributed by atoms with Gasteiger partial charge in [0.15, 0.2) is 0 Å². The van der Waals surface area contributed by atoms with E-state index in [0.717, 1.165) is 5.57 Å². The Labute approximate surface area is 77.5 Å². The Morgan fingerprint density at radius 3 is 2.83 bits per heavy atom. The first kappa shape index (κ1) is 9.84. The van der Waals surface area contributed by atoms with Crippen molar-refractivity contribution in [3.05, 3.63) is 22.5 Å². The second-order valence-corrected chi connectivity index (χ2v) is 4.30. The first-order valence-electron chi connectivity index (χ1n) is 3.98. The van der Waals surface area contributed by atoms with Crippen molar-refractivity contribution < 1.29 is 5.11 Å². The molecule has 12 heavy (non-hydrogen) atoms. The fourth-order valence-corrected chi connectivity index (χ4v) is 2.36. The number of thioether (sulfide) groups is 1. The molecule has 3 heteroatoms. The molecule has 2 nitrogen and oxygen atoms in total. The third-order valence-electron chi connectivity index (χ3n) is 2.10. The van der Waals surface area contributed by atoms with Crippen molar-refractivity contribution in [1.29, 1.82) is 0 Å². The van der Waals surface area contributed by atoms with E-state index in [2.05, 4.69) is 19.9 Å². The van der Waals surface area contributed by atoms with Crippen molar-refractivity contribution in [2.24, 2.45) is 11.1 Å². The summed E-state index contributed by atoms with van der Waals surface area (Å²) in [7, 11) is 0. The van der Waals surface area contributed by atoms with Gasteiger partial charge in [0.25, 0.3) is 0 Å². The van der Waals surface area contributed by atoms with Crippen molar-refractivity contribution in [1.82, 2.24) is 0 Å². The highest BCUT2D eigenvalue weighted by atomic mass is 32.2. The van der Waals surface area contributed by atoms with Crippen LogP contribution >= 0.6 is 11.8 Å². The Hall–Kier alpha value is -0.250. The van der Waals surface area contributed by atoms with E-state index < -0.39 is 0 Å². The fraction of sp³-hybridized carbons (Fsp3) is 0.556. The third-order valence-corrected chi connectivity index (χ3v) is 2.78. The van der Waals surface area contributed by atoms with Crippen LogP contribution in [0.25, 0.3) is 0 Å². The highest BCUT2D eigenvalue weighted by Gasteiger charge is 2.26. The predicted molar refractivity (Wildman–Crippen MR) is 53.7 cm³/mol. The maximum atomic E-state index is 8.92. The monoisotopic (exact) mass is 185 g/mol. The highest BCUT2D eigenvalue weighted by molar-refractivity contribution is 8.05. The fourth-order valence-electron chi connectivity index (χ4n) is 1.23. The molecule has 0 saturated heterocycles. The van der Waals surface area contributed by atoms with Gasteiger partial charge < -0.3 is 10.8 Å². The van der Waals surface area contributed by atoms with Crippen LogP contribution in [0.15, 0.2) is 22.5 Å². The van der Waals surface area contributed by atoms with Crippen LogP contribution in [0.3, 0.4) is 0 Å². The molecule has 1 atom stereocenters. The molecule has 68 valence electrons. The number of aliphatic hydroxyl groups excluding tert-OH is 1. The van der Waals surface area contributed by atoms with Crippen LogP contribution in [0.5, 0.6) is 0 Å². The van der Waals surface area contributed by atoms with Gasteiger partial charge in [-0.05, 0) is 16.4 Å². The van der Waals surface area contributed by atoms with E-state index in [1.165, 1.54) is 0 Å². The molecule has 1 aliphatic rings. The standard InChI is InChI=1S/C9H15NOS/c1-9(2)3-4-12-6-7(9)8(10)5-11/h3-4,6,8,11H,5,10H2,1-2H3. The summed E-state index contributed by atoms with van der Waals surface area (Å²) < 4.78 is 0. The molecule has 3 N–H and O–H groups in total. The van der Waals surface area contributed by atoms with Gasteiger partial charge in [-0.2, -0.15) is 0 Å². The number of rotatable bonds is 2. The lowest BCUT2D eigenvalue weighted by molar-refractivity contribution is 0.269. The van der Waals surface area contributed by atoms with Crippen molar-refractivity contribution >= 4 is 11.8 Å². The molecule has 0 radical (unpaired) electrons. The van der Waals surface area contributed by atoms with E-state index >= 15 is 0 Å². The summed E-state index contributed by atoms with van der Waals surface area (Å²) in [5, 5.41) is 13.0. The first-order valence-corrected chi connectivity index (χ1v) is 4.92. The molecule has 0 spiro atoms. The van der Waals surface area contributed by atoms with Crippen LogP contribution in [-0.2, 0) is 0 Å². The van der Waals surface area contributed by atoms with Crippen LogP contribution in [0, 0.1) is 5.41 Å². The molecule has 0 fully saturated rings. The molecule has 0 amide bonds. The molecule has 1 heterocycles. The predicted octanol–water partition coefficient (Wildman–Crippen LogP) is 1.48. The number of allylic oxidation sites excluding steroid dienone is 1. The number of nitrogens with two attached hydrogens (primary N) is 1. The van der Waals surface area contributed by atoms with Gasteiger partial charge >= 0.3 is 0 Å². The van der Waals surface area contributed by atoms with Gasteiger partial charge in [0, 0.05) is 5.41 Å². The summed E-state index contributed by atoms with van der Waals surface area (Å²) in [6.07, 6.45) is 2.11. The van der Waals surface area contributed by atoms with Crippen LogP contribution in [0.2, 0.25) is 0 Å². The van der Waals surface area contributed by atoms with Crippen molar-refractivity contribution in [3.63, 3.8) is 0 Å². The van der Waals surface area contributed by atoms with E-state index in [4.69, 9.17) is 10.8 Å². The third kappa shape index (κ3) is 1.91.